The molecule has 1 aromatic heterocycles. The van der Waals surface area contributed by atoms with Gasteiger partial charge in [0.05, 0.1) is 12.8 Å². The summed E-state index contributed by atoms with van der Waals surface area (Å²) in [4.78, 5) is 18.8. The number of carbonyl (C=O) groups excluding carboxylic acids is 1. The van der Waals surface area contributed by atoms with Crippen molar-refractivity contribution in [3.63, 3.8) is 0 Å². The van der Waals surface area contributed by atoms with Crippen LogP contribution < -0.4 is 5.32 Å². The van der Waals surface area contributed by atoms with E-state index >= 15 is 0 Å². The van der Waals surface area contributed by atoms with Gasteiger partial charge in [0.2, 0.25) is 5.82 Å². The van der Waals surface area contributed by atoms with E-state index in [-0.39, 0.29) is 17.3 Å². The second-order valence-electron chi connectivity index (χ2n) is 3.51. The molecule has 0 aliphatic heterocycles. The fourth-order valence-corrected chi connectivity index (χ4v) is 1.35. The van der Waals surface area contributed by atoms with Crippen LogP contribution in [0.1, 0.15) is 10.6 Å². The number of aromatic nitrogens is 2. The maximum absolute atomic E-state index is 13.4. The number of nitrogens with one attached hydrogen (secondary N) is 1. The summed E-state index contributed by atoms with van der Waals surface area (Å²) < 4.78 is 30.6. The third kappa shape index (κ3) is 3.01. The second-order valence-corrected chi connectivity index (χ2v) is 3.51. The largest absolute Gasteiger partial charge is 0.463 e. The first-order valence-corrected chi connectivity index (χ1v) is 5.23. The Morgan fingerprint density at radius 3 is 2.79 bits per heavy atom. The monoisotopic (exact) mass is 265 g/mol. The molecule has 0 fully saturated rings. The van der Waals surface area contributed by atoms with Crippen LogP contribution >= 0.6 is 0 Å². The Morgan fingerprint density at radius 2 is 2.11 bits per heavy atom. The van der Waals surface area contributed by atoms with E-state index in [9.17, 15) is 13.6 Å². The predicted octanol–water partition coefficient (Wildman–Crippen LogP) is 2.29. The second kappa shape index (κ2) is 5.38. The average Bonchev–Trinajstić information content (AvgIpc) is 2.41. The maximum Gasteiger partial charge on any atom is 0.376 e. The number of ether oxygens (including phenoxy) is 1. The number of hydrogen-bond acceptors (Lipinski definition) is 5. The molecule has 0 aliphatic carbocycles. The molecule has 1 heterocycles. The lowest BCUT2D eigenvalue weighted by Crippen LogP contribution is -2.08. The maximum atomic E-state index is 13.4. The fraction of sp³-hybridized carbons (Fsp3) is 0.0833. The molecule has 0 saturated heterocycles. The Labute approximate surface area is 107 Å². The molecule has 1 N–H and O–H groups in total. The summed E-state index contributed by atoms with van der Waals surface area (Å²) in [6.45, 7) is 0. The van der Waals surface area contributed by atoms with Crippen LogP contribution in [-0.4, -0.2) is 23.0 Å². The fourth-order valence-electron chi connectivity index (χ4n) is 1.35. The van der Waals surface area contributed by atoms with Gasteiger partial charge in [-0.25, -0.2) is 23.5 Å². The summed E-state index contributed by atoms with van der Waals surface area (Å²) in [5.41, 5.74) is 0.0379. The number of rotatable bonds is 3. The first kappa shape index (κ1) is 12.9. The quantitative estimate of drug-likeness (QED) is 0.862. The molecule has 1 aromatic carbocycles. The molecule has 2 rings (SSSR count). The number of anilines is 2. The van der Waals surface area contributed by atoms with Crippen LogP contribution in [0.15, 0.2) is 30.5 Å². The van der Waals surface area contributed by atoms with Crippen molar-refractivity contribution in [2.75, 3.05) is 12.4 Å². The summed E-state index contributed by atoms with van der Waals surface area (Å²) in [5, 5.41) is 2.62. The molecule has 98 valence electrons. The Morgan fingerprint density at radius 1 is 1.32 bits per heavy atom. The zero-order valence-corrected chi connectivity index (χ0v) is 9.85. The van der Waals surface area contributed by atoms with E-state index < -0.39 is 17.6 Å². The number of halogens is 2. The Kier molecular flexibility index (Phi) is 3.65. The minimum absolute atomic E-state index is 0.0379. The van der Waals surface area contributed by atoms with E-state index in [1.54, 1.807) is 0 Å². The van der Waals surface area contributed by atoms with Gasteiger partial charge in [0.15, 0.2) is 0 Å². The molecule has 0 bridgehead atoms. The number of hydrogen-bond donors (Lipinski definition) is 1. The molecule has 0 amide bonds. The van der Waals surface area contributed by atoms with E-state index in [4.69, 9.17) is 0 Å². The summed E-state index contributed by atoms with van der Waals surface area (Å²) in [6.07, 6.45) is 1.32. The van der Waals surface area contributed by atoms with Gasteiger partial charge in [-0.1, -0.05) is 0 Å². The standard InChI is InChI=1S/C12H9F2N3O2/c1-19-12(18)11-15-5-4-10(17-11)16-9-3-2-7(13)6-8(9)14/h2-6H,1H3,(H,15,16,17). The molecule has 2 aromatic rings. The van der Waals surface area contributed by atoms with Crippen molar-refractivity contribution in [2.45, 2.75) is 0 Å². The number of nitrogens with zero attached hydrogens (tertiary/aromatic N) is 2. The van der Waals surface area contributed by atoms with E-state index in [2.05, 4.69) is 20.0 Å². The van der Waals surface area contributed by atoms with Crippen LogP contribution in [0.2, 0.25) is 0 Å². The molecule has 0 saturated carbocycles. The van der Waals surface area contributed by atoms with Crippen molar-refractivity contribution in [1.82, 2.24) is 9.97 Å². The molecule has 0 spiro atoms. The molecule has 0 unspecified atom stereocenters. The number of carbonyl (C=O) groups is 1. The van der Waals surface area contributed by atoms with E-state index in [1.165, 1.54) is 25.4 Å². The van der Waals surface area contributed by atoms with Gasteiger partial charge in [-0.15, -0.1) is 0 Å². The summed E-state index contributed by atoms with van der Waals surface area (Å²) in [6, 6.07) is 4.51. The van der Waals surface area contributed by atoms with Crippen molar-refractivity contribution in [1.29, 1.82) is 0 Å². The van der Waals surface area contributed by atoms with Crippen LogP contribution in [0.4, 0.5) is 20.3 Å². The average molecular weight is 265 g/mol. The molecule has 5 nitrogen and oxygen atoms in total. The van der Waals surface area contributed by atoms with E-state index in [1.807, 2.05) is 0 Å². The van der Waals surface area contributed by atoms with Crippen LogP contribution in [0.5, 0.6) is 0 Å². The first-order chi connectivity index (χ1) is 9.10. The van der Waals surface area contributed by atoms with Gasteiger partial charge in [-0.2, -0.15) is 0 Å². The van der Waals surface area contributed by atoms with Gasteiger partial charge >= 0.3 is 5.97 Å². The van der Waals surface area contributed by atoms with Gasteiger partial charge in [-0.05, 0) is 18.2 Å². The number of benzene rings is 1. The lowest BCUT2D eigenvalue weighted by molar-refractivity contribution is 0.0587. The molecule has 0 atom stereocenters. The van der Waals surface area contributed by atoms with Gasteiger partial charge in [0.25, 0.3) is 0 Å². The van der Waals surface area contributed by atoms with Crippen molar-refractivity contribution >= 4 is 17.5 Å². The molecular formula is C12H9F2N3O2. The van der Waals surface area contributed by atoms with Gasteiger partial charge in [0, 0.05) is 12.3 Å². The third-order valence-corrected chi connectivity index (χ3v) is 2.22. The van der Waals surface area contributed by atoms with Gasteiger partial charge in [0.1, 0.15) is 17.5 Å². The molecule has 7 heteroatoms. The number of methoxy groups -OCH3 is 1. The number of esters is 1. The Balaban J connectivity index is 2.26. The predicted molar refractivity (Wildman–Crippen MR) is 63.0 cm³/mol. The van der Waals surface area contributed by atoms with Crippen LogP contribution in [0, 0.1) is 11.6 Å². The topological polar surface area (TPSA) is 64.1 Å². The minimum Gasteiger partial charge on any atom is -0.463 e. The van der Waals surface area contributed by atoms with Gasteiger partial charge in [-0.3, -0.25) is 0 Å². The Hall–Kier alpha value is -2.57. The Bertz CT molecular complexity index is 620. The lowest BCUT2D eigenvalue weighted by Gasteiger charge is -2.07. The van der Waals surface area contributed by atoms with Crippen molar-refractivity contribution < 1.29 is 18.3 Å². The summed E-state index contributed by atoms with van der Waals surface area (Å²) in [5.74, 6) is -2.11. The van der Waals surface area contributed by atoms with Crippen LogP contribution in [0.3, 0.4) is 0 Å². The summed E-state index contributed by atoms with van der Waals surface area (Å²) >= 11 is 0. The highest BCUT2D eigenvalue weighted by atomic mass is 19.1. The zero-order valence-electron chi connectivity index (χ0n) is 9.85. The highest BCUT2D eigenvalue weighted by molar-refractivity contribution is 5.85. The lowest BCUT2D eigenvalue weighted by atomic mass is 10.3. The normalized spacial score (nSPS) is 10.1. The van der Waals surface area contributed by atoms with Gasteiger partial charge < -0.3 is 10.1 Å². The van der Waals surface area contributed by atoms with Crippen molar-refractivity contribution in [3.05, 3.63) is 47.9 Å². The van der Waals surface area contributed by atoms with E-state index in [0.29, 0.717) is 0 Å². The molecule has 0 radical (unpaired) electrons. The highest BCUT2D eigenvalue weighted by Crippen LogP contribution is 2.19. The zero-order chi connectivity index (χ0) is 13.8. The van der Waals surface area contributed by atoms with Crippen LogP contribution in [0.25, 0.3) is 0 Å². The van der Waals surface area contributed by atoms with Crippen LogP contribution in [-0.2, 0) is 4.74 Å². The van der Waals surface area contributed by atoms with Crippen molar-refractivity contribution in [2.24, 2.45) is 0 Å². The minimum atomic E-state index is -0.766. The van der Waals surface area contributed by atoms with Crippen molar-refractivity contribution in [3.8, 4) is 0 Å². The molecule has 19 heavy (non-hydrogen) atoms. The third-order valence-electron chi connectivity index (χ3n) is 2.22. The van der Waals surface area contributed by atoms with E-state index in [0.717, 1.165) is 12.1 Å². The summed E-state index contributed by atoms with van der Waals surface area (Å²) in [7, 11) is 1.20. The SMILES string of the molecule is COC(=O)c1nccc(Nc2ccc(F)cc2F)n1. The first-order valence-electron chi connectivity index (χ1n) is 5.23. The molecular weight excluding hydrogens is 256 g/mol. The smallest absolute Gasteiger partial charge is 0.376 e. The molecule has 0 aliphatic rings. The highest BCUT2D eigenvalue weighted by Gasteiger charge is 2.10.